The largest absolute Gasteiger partial charge is 0.508 e. The van der Waals surface area contributed by atoms with Gasteiger partial charge in [-0.2, -0.15) is 0 Å². The number of benzene rings is 1. The summed E-state index contributed by atoms with van der Waals surface area (Å²) in [5.74, 6) is 0.997. The number of phenolic OH excluding ortho intramolecular Hbond substituents is 1. The highest BCUT2D eigenvalue weighted by Gasteiger charge is 2.05. The zero-order valence-electron chi connectivity index (χ0n) is 11.1. The van der Waals surface area contributed by atoms with Crippen LogP contribution in [0.2, 0.25) is 0 Å². The summed E-state index contributed by atoms with van der Waals surface area (Å²) in [6.07, 6.45) is 1.43. The second-order valence-electron chi connectivity index (χ2n) is 4.30. The van der Waals surface area contributed by atoms with E-state index in [2.05, 4.69) is 5.32 Å². The van der Waals surface area contributed by atoms with Gasteiger partial charge in [-0.1, -0.05) is 13.3 Å². The van der Waals surface area contributed by atoms with E-state index in [9.17, 15) is 10.2 Å². The molecule has 1 aromatic carbocycles. The molecule has 4 heteroatoms. The van der Waals surface area contributed by atoms with E-state index in [4.69, 9.17) is 4.74 Å². The van der Waals surface area contributed by atoms with Gasteiger partial charge < -0.3 is 20.3 Å². The first-order valence-corrected chi connectivity index (χ1v) is 6.50. The van der Waals surface area contributed by atoms with Crippen molar-refractivity contribution in [2.45, 2.75) is 39.3 Å². The second-order valence-corrected chi connectivity index (χ2v) is 4.30. The summed E-state index contributed by atoms with van der Waals surface area (Å²) in [5.41, 5.74) is 0.782. The van der Waals surface area contributed by atoms with E-state index in [1.165, 1.54) is 0 Å². The van der Waals surface area contributed by atoms with Gasteiger partial charge in [0.15, 0.2) is 0 Å². The number of hydrogen-bond donors (Lipinski definition) is 3. The standard InChI is InChI=1S/C14H23NO3/c1-3-5-12(16)10-15-9-11-8-13(18-4-2)6-7-14(11)17/h6-8,12,15-17H,3-5,9-10H2,1-2H3. The molecule has 1 unspecified atom stereocenters. The van der Waals surface area contributed by atoms with Crippen molar-refractivity contribution >= 4 is 0 Å². The molecule has 0 radical (unpaired) electrons. The van der Waals surface area contributed by atoms with Gasteiger partial charge >= 0.3 is 0 Å². The minimum absolute atomic E-state index is 0.246. The normalized spacial score (nSPS) is 12.4. The molecule has 3 N–H and O–H groups in total. The Balaban J connectivity index is 2.47. The maximum Gasteiger partial charge on any atom is 0.120 e. The van der Waals surface area contributed by atoms with Gasteiger partial charge in [-0.3, -0.25) is 0 Å². The third-order valence-electron chi connectivity index (χ3n) is 2.68. The molecule has 0 aliphatic heterocycles. The summed E-state index contributed by atoms with van der Waals surface area (Å²) in [6.45, 7) is 5.62. The lowest BCUT2D eigenvalue weighted by Crippen LogP contribution is -2.26. The van der Waals surface area contributed by atoms with Crippen molar-refractivity contribution < 1.29 is 14.9 Å². The molecule has 0 heterocycles. The molecule has 102 valence electrons. The highest BCUT2D eigenvalue weighted by molar-refractivity contribution is 5.39. The van der Waals surface area contributed by atoms with Gasteiger partial charge in [0, 0.05) is 18.7 Å². The Kier molecular flexibility index (Phi) is 6.54. The molecule has 0 amide bonds. The Labute approximate surface area is 109 Å². The van der Waals surface area contributed by atoms with Crippen molar-refractivity contribution in [2.24, 2.45) is 0 Å². The molecule has 1 aromatic rings. The van der Waals surface area contributed by atoms with Crippen molar-refractivity contribution in [3.63, 3.8) is 0 Å². The summed E-state index contributed by atoms with van der Waals surface area (Å²) in [6, 6.07) is 5.19. The van der Waals surface area contributed by atoms with Crippen molar-refractivity contribution in [3.05, 3.63) is 23.8 Å². The number of rotatable bonds is 8. The van der Waals surface area contributed by atoms with E-state index in [-0.39, 0.29) is 11.9 Å². The minimum atomic E-state index is -0.327. The number of hydrogen-bond acceptors (Lipinski definition) is 4. The van der Waals surface area contributed by atoms with Crippen molar-refractivity contribution in [3.8, 4) is 11.5 Å². The van der Waals surface area contributed by atoms with Gasteiger partial charge in [0.25, 0.3) is 0 Å². The van der Waals surface area contributed by atoms with Gasteiger partial charge in [-0.05, 0) is 31.5 Å². The van der Waals surface area contributed by atoms with Crippen LogP contribution in [0.4, 0.5) is 0 Å². The van der Waals surface area contributed by atoms with Crippen molar-refractivity contribution in [1.82, 2.24) is 5.32 Å². The number of ether oxygens (including phenoxy) is 1. The Hall–Kier alpha value is -1.26. The molecule has 0 spiro atoms. The number of aliphatic hydroxyl groups excluding tert-OH is 1. The van der Waals surface area contributed by atoms with Gasteiger partial charge in [0.1, 0.15) is 11.5 Å². The molecule has 1 atom stereocenters. The van der Waals surface area contributed by atoms with E-state index in [1.54, 1.807) is 12.1 Å². The zero-order valence-corrected chi connectivity index (χ0v) is 11.1. The predicted octanol–water partition coefficient (Wildman–Crippen LogP) is 2.04. The Morgan fingerprint density at radius 1 is 1.33 bits per heavy atom. The maximum atomic E-state index is 9.71. The quantitative estimate of drug-likeness (QED) is 0.663. The molecule has 0 bridgehead atoms. The van der Waals surface area contributed by atoms with Crippen LogP contribution in [0.3, 0.4) is 0 Å². The number of aliphatic hydroxyl groups is 1. The van der Waals surface area contributed by atoms with Gasteiger partial charge in [-0.15, -0.1) is 0 Å². The topological polar surface area (TPSA) is 61.7 Å². The maximum absolute atomic E-state index is 9.71. The average Bonchev–Trinajstić information content (AvgIpc) is 2.34. The molecule has 0 aliphatic carbocycles. The predicted molar refractivity (Wildman–Crippen MR) is 71.9 cm³/mol. The number of phenols is 1. The van der Waals surface area contributed by atoms with Crippen molar-refractivity contribution in [2.75, 3.05) is 13.2 Å². The lowest BCUT2D eigenvalue weighted by atomic mass is 10.1. The molecule has 0 fully saturated rings. The average molecular weight is 253 g/mol. The summed E-state index contributed by atoms with van der Waals surface area (Å²) in [4.78, 5) is 0. The van der Waals surface area contributed by atoms with Crippen LogP contribution in [0.25, 0.3) is 0 Å². The third kappa shape index (κ3) is 4.94. The Morgan fingerprint density at radius 2 is 2.11 bits per heavy atom. The fourth-order valence-corrected chi connectivity index (χ4v) is 1.77. The van der Waals surface area contributed by atoms with Crippen LogP contribution in [0.15, 0.2) is 18.2 Å². The number of nitrogens with one attached hydrogen (secondary N) is 1. The highest BCUT2D eigenvalue weighted by atomic mass is 16.5. The first-order chi connectivity index (χ1) is 8.67. The van der Waals surface area contributed by atoms with Crippen LogP contribution in [-0.2, 0) is 6.54 Å². The molecular weight excluding hydrogens is 230 g/mol. The summed E-state index contributed by atoms with van der Waals surface area (Å²) in [7, 11) is 0. The van der Waals surface area contributed by atoms with E-state index in [1.807, 2.05) is 19.9 Å². The van der Waals surface area contributed by atoms with Gasteiger partial charge in [0.2, 0.25) is 0 Å². The summed E-state index contributed by atoms with van der Waals surface area (Å²) >= 11 is 0. The number of aromatic hydroxyl groups is 1. The van der Waals surface area contributed by atoms with Crippen LogP contribution >= 0.6 is 0 Å². The highest BCUT2D eigenvalue weighted by Crippen LogP contribution is 2.22. The lowest BCUT2D eigenvalue weighted by molar-refractivity contribution is 0.160. The molecule has 0 saturated carbocycles. The van der Waals surface area contributed by atoms with Crippen LogP contribution in [0, 0.1) is 0 Å². The first kappa shape index (κ1) is 14.8. The van der Waals surface area contributed by atoms with E-state index in [0.717, 1.165) is 24.2 Å². The molecule has 0 aliphatic rings. The minimum Gasteiger partial charge on any atom is -0.508 e. The lowest BCUT2D eigenvalue weighted by Gasteiger charge is -2.12. The zero-order chi connectivity index (χ0) is 13.4. The monoisotopic (exact) mass is 253 g/mol. The fraction of sp³-hybridized carbons (Fsp3) is 0.571. The Morgan fingerprint density at radius 3 is 2.78 bits per heavy atom. The van der Waals surface area contributed by atoms with Crippen molar-refractivity contribution in [1.29, 1.82) is 0 Å². The molecule has 4 nitrogen and oxygen atoms in total. The van der Waals surface area contributed by atoms with E-state index in [0.29, 0.717) is 19.7 Å². The van der Waals surface area contributed by atoms with E-state index >= 15 is 0 Å². The SMILES string of the molecule is CCCC(O)CNCc1cc(OCC)ccc1O. The molecule has 0 aromatic heterocycles. The van der Waals surface area contributed by atoms with Gasteiger partial charge in [0.05, 0.1) is 12.7 Å². The third-order valence-corrected chi connectivity index (χ3v) is 2.68. The smallest absolute Gasteiger partial charge is 0.120 e. The van der Waals surface area contributed by atoms with Crippen LogP contribution in [-0.4, -0.2) is 29.5 Å². The van der Waals surface area contributed by atoms with Gasteiger partial charge in [-0.25, -0.2) is 0 Å². The molecule has 0 saturated heterocycles. The fourth-order valence-electron chi connectivity index (χ4n) is 1.77. The molecular formula is C14H23NO3. The van der Waals surface area contributed by atoms with E-state index < -0.39 is 0 Å². The summed E-state index contributed by atoms with van der Waals surface area (Å²) in [5, 5.41) is 22.4. The van der Waals surface area contributed by atoms with Crippen LogP contribution in [0.5, 0.6) is 11.5 Å². The second kappa shape index (κ2) is 7.95. The van der Waals surface area contributed by atoms with Crippen LogP contribution < -0.4 is 10.1 Å². The van der Waals surface area contributed by atoms with Crippen LogP contribution in [0.1, 0.15) is 32.3 Å². The Bertz CT molecular complexity index is 355. The first-order valence-electron chi connectivity index (χ1n) is 6.50. The molecule has 1 rings (SSSR count). The molecule has 18 heavy (non-hydrogen) atoms. The summed E-state index contributed by atoms with van der Waals surface area (Å²) < 4.78 is 5.38.